The largest absolute Gasteiger partial charge is 0.473 e. The number of likely N-dealkylation sites (tertiary alicyclic amines) is 1. The van der Waals surface area contributed by atoms with E-state index < -0.39 is 0 Å². The molecule has 0 spiro atoms. The summed E-state index contributed by atoms with van der Waals surface area (Å²) in [6, 6.07) is 0. The van der Waals surface area contributed by atoms with Crippen LogP contribution < -0.4 is 4.74 Å². The molecule has 1 fully saturated rings. The Bertz CT molecular complexity index is 237. The van der Waals surface area contributed by atoms with Gasteiger partial charge < -0.3 is 4.74 Å². The summed E-state index contributed by atoms with van der Waals surface area (Å²) in [5, 5.41) is 1.94. The Morgan fingerprint density at radius 2 is 2.67 bits per heavy atom. The van der Waals surface area contributed by atoms with Gasteiger partial charge >= 0.3 is 0 Å². The normalized spacial score (nSPS) is 24.6. The van der Waals surface area contributed by atoms with Crippen LogP contribution >= 0.6 is 11.5 Å². The third-order valence-corrected chi connectivity index (χ3v) is 2.70. The fraction of sp³-hybridized carbons (Fsp3) is 0.625. The highest BCUT2D eigenvalue weighted by atomic mass is 32.1. The summed E-state index contributed by atoms with van der Waals surface area (Å²) in [6.07, 6.45) is 4.41. The summed E-state index contributed by atoms with van der Waals surface area (Å²) < 4.78 is 9.69. The predicted octanol–water partition coefficient (Wildman–Crippen LogP) is 1.57. The monoisotopic (exact) mass is 184 g/mol. The summed E-state index contributed by atoms with van der Waals surface area (Å²) in [6.45, 7) is 1.14. The van der Waals surface area contributed by atoms with E-state index in [1.165, 1.54) is 18.0 Å². The standard InChI is InChI=1S/C8H12N2OS/c1-10-4-2-3-8(10)11-7-5-9-12-6-7/h5-6,8H,2-4H2,1H3. The number of aromatic nitrogens is 1. The summed E-state index contributed by atoms with van der Waals surface area (Å²) in [4.78, 5) is 2.23. The molecule has 1 atom stereocenters. The smallest absolute Gasteiger partial charge is 0.152 e. The predicted molar refractivity (Wildman–Crippen MR) is 48.4 cm³/mol. The molecule has 1 saturated heterocycles. The number of nitrogens with zero attached hydrogens (tertiary/aromatic N) is 2. The first-order chi connectivity index (χ1) is 5.86. The van der Waals surface area contributed by atoms with Crippen molar-refractivity contribution >= 4 is 11.5 Å². The lowest BCUT2D eigenvalue weighted by Crippen LogP contribution is -2.29. The van der Waals surface area contributed by atoms with E-state index in [9.17, 15) is 0 Å². The molecule has 12 heavy (non-hydrogen) atoms. The van der Waals surface area contributed by atoms with Gasteiger partial charge in [0.15, 0.2) is 12.0 Å². The Balaban J connectivity index is 1.95. The van der Waals surface area contributed by atoms with E-state index >= 15 is 0 Å². The molecule has 2 rings (SSSR count). The second kappa shape index (κ2) is 3.41. The van der Waals surface area contributed by atoms with E-state index in [1.807, 2.05) is 5.38 Å². The van der Waals surface area contributed by atoms with Gasteiger partial charge in [-0.25, -0.2) is 0 Å². The fourth-order valence-corrected chi connectivity index (χ4v) is 1.88. The lowest BCUT2D eigenvalue weighted by Gasteiger charge is -2.19. The van der Waals surface area contributed by atoms with Crippen molar-refractivity contribution in [1.29, 1.82) is 0 Å². The topological polar surface area (TPSA) is 25.4 Å². The molecule has 1 aliphatic heterocycles. The van der Waals surface area contributed by atoms with Gasteiger partial charge in [-0.05, 0) is 31.4 Å². The van der Waals surface area contributed by atoms with Crippen molar-refractivity contribution in [2.24, 2.45) is 0 Å². The Kier molecular flexibility index (Phi) is 2.28. The molecule has 1 unspecified atom stereocenters. The van der Waals surface area contributed by atoms with E-state index in [-0.39, 0.29) is 6.23 Å². The molecular formula is C8H12N2OS. The molecule has 1 aromatic heterocycles. The van der Waals surface area contributed by atoms with E-state index in [0.717, 1.165) is 18.7 Å². The zero-order valence-electron chi connectivity index (χ0n) is 7.06. The Morgan fingerprint density at radius 1 is 1.75 bits per heavy atom. The number of hydrogen-bond donors (Lipinski definition) is 0. The van der Waals surface area contributed by atoms with Gasteiger partial charge in [0.05, 0.1) is 11.6 Å². The lowest BCUT2D eigenvalue weighted by atomic mass is 10.4. The summed E-state index contributed by atoms with van der Waals surface area (Å²) in [7, 11) is 2.09. The first-order valence-electron chi connectivity index (χ1n) is 4.12. The lowest BCUT2D eigenvalue weighted by molar-refractivity contribution is 0.0815. The first-order valence-corrected chi connectivity index (χ1v) is 4.96. The molecule has 4 heteroatoms. The number of ether oxygens (including phenoxy) is 1. The van der Waals surface area contributed by atoms with E-state index in [2.05, 4.69) is 16.3 Å². The minimum absolute atomic E-state index is 0.265. The maximum atomic E-state index is 5.70. The van der Waals surface area contributed by atoms with Gasteiger partial charge in [0.2, 0.25) is 0 Å². The summed E-state index contributed by atoms with van der Waals surface area (Å²) in [5.41, 5.74) is 0. The molecule has 1 aromatic rings. The van der Waals surface area contributed by atoms with Crippen LogP contribution in [-0.2, 0) is 0 Å². The second-order valence-corrected chi connectivity index (χ2v) is 3.71. The minimum Gasteiger partial charge on any atom is -0.473 e. The van der Waals surface area contributed by atoms with Crippen molar-refractivity contribution in [1.82, 2.24) is 9.27 Å². The molecule has 0 amide bonds. The van der Waals surface area contributed by atoms with Gasteiger partial charge in [0.1, 0.15) is 0 Å². The van der Waals surface area contributed by atoms with Crippen LogP contribution in [0.4, 0.5) is 0 Å². The molecule has 0 aliphatic carbocycles. The van der Waals surface area contributed by atoms with Crippen molar-refractivity contribution < 1.29 is 4.74 Å². The molecule has 2 heterocycles. The Labute approximate surface area is 76.1 Å². The zero-order valence-corrected chi connectivity index (χ0v) is 7.88. The van der Waals surface area contributed by atoms with Crippen LogP contribution in [0.2, 0.25) is 0 Å². The molecule has 3 nitrogen and oxygen atoms in total. The first kappa shape index (κ1) is 8.01. The summed E-state index contributed by atoms with van der Waals surface area (Å²) in [5.74, 6) is 0.902. The van der Waals surface area contributed by atoms with Gasteiger partial charge in [-0.2, -0.15) is 4.37 Å². The van der Waals surface area contributed by atoms with Crippen LogP contribution in [0.5, 0.6) is 5.75 Å². The minimum atomic E-state index is 0.265. The SMILES string of the molecule is CN1CCCC1Oc1cnsc1. The number of rotatable bonds is 2. The van der Waals surface area contributed by atoms with Crippen LogP contribution in [-0.4, -0.2) is 29.1 Å². The van der Waals surface area contributed by atoms with Crippen LogP contribution in [0.15, 0.2) is 11.6 Å². The molecule has 0 bridgehead atoms. The molecule has 0 radical (unpaired) electrons. The van der Waals surface area contributed by atoms with Gasteiger partial charge in [-0.3, -0.25) is 4.90 Å². The highest BCUT2D eigenvalue weighted by Crippen LogP contribution is 2.20. The van der Waals surface area contributed by atoms with E-state index in [4.69, 9.17) is 4.74 Å². The highest BCUT2D eigenvalue weighted by Gasteiger charge is 2.22. The van der Waals surface area contributed by atoms with Crippen LogP contribution in [0.25, 0.3) is 0 Å². The Morgan fingerprint density at radius 3 is 3.25 bits per heavy atom. The van der Waals surface area contributed by atoms with Crippen LogP contribution in [0.1, 0.15) is 12.8 Å². The van der Waals surface area contributed by atoms with E-state index in [0.29, 0.717) is 0 Å². The maximum Gasteiger partial charge on any atom is 0.152 e. The van der Waals surface area contributed by atoms with Crippen molar-refractivity contribution in [2.45, 2.75) is 19.1 Å². The van der Waals surface area contributed by atoms with Crippen LogP contribution in [0.3, 0.4) is 0 Å². The van der Waals surface area contributed by atoms with Crippen molar-refractivity contribution in [2.75, 3.05) is 13.6 Å². The van der Waals surface area contributed by atoms with Gasteiger partial charge in [-0.1, -0.05) is 0 Å². The van der Waals surface area contributed by atoms with Gasteiger partial charge in [0, 0.05) is 6.54 Å². The molecule has 1 aliphatic rings. The molecule has 0 saturated carbocycles. The number of hydrogen-bond acceptors (Lipinski definition) is 4. The Hall–Kier alpha value is -0.610. The third-order valence-electron chi connectivity index (χ3n) is 2.14. The highest BCUT2D eigenvalue weighted by molar-refractivity contribution is 7.03. The van der Waals surface area contributed by atoms with Gasteiger partial charge in [-0.15, -0.1) is 0 Å². The maximum absolute atomic E-state index is 5.70. The van der Waals surface area contributed by atoms with Crippen molar-refractivity contribution in [3.05, 3.63) is 11.6 Å². The molecular weight excluding hydrogens is 172 g/mol. The third kappa shape index (κ3) is 1.59. The van der Waals surface area contributed by atoms with Crippen LogP contribution in [0, 0.1) is 0 Å². The molecule has 0 aromatic carbocycles. The van der Waals surface area contributed by atoms with Gasteiger partial charge in [0.25, 0.3) is 0 Å². The van der Waals surface area contributed by atoms with E-state index in [1.54, 1.807) is 6.20 Å². The molecule has 0 N–H and O–H groups in total. The van der Waals surface area contributed by atoms with Crippen molar-refractivity contribution in [3.8, 4) is 5.75 Å². The second-order valence-electron chi connectivity index (χ2n) is 3.06. The summed E-state index contributed by atoms with van der Waals surface area (Å²) >= 11 is 1.43. The average Bonchev–Trinajstić information content (AvgIpc) is 2.65. The van der Waals surface area contributed by atoms with Crippen molar-refractivity contribution in [3.63, 3.8) is 0 Å². The average molecular weight is 184 g/mol. The molecule has 66 valence electrons. The zero-order chi connectivity index (χ0) is 8.39. The fourth-order valence-electron chi connectivity index (χ4n) is 1.44. The quantitative estimate of drug-likeness (QED) is 0.697.